The largest absolute Gasteiger partial charge is 0.493 e. The van der Waals surface area contributed by atoms with E-state index in [1.165, 1.54) is 11.2 Å². The number of carbonyl (C=O) groups is 1. The molecule has 2 saturated heterocycles. The Morgan fingerprint density at radius 2 is 1.95 bits per heavy atom. The van der Waals surface area contributed by atoms with E-state index in [1.54, 1.807) is 7.11 Å². The van der Waals surface area contributed by atoms with Gasteiger partial charge in [-0.25, -0.2) is 14.8 Å². The Morgan fingerprint density at radius 3 is 2.63 bits per heavy atom. The van der Waals surface area contributed by atoms with Gasteiger partial charge in [0.15, 0.2) is 11.5 Å². The van der Waals surface area contributed by atoms with Crippen LogP contribution in [0.3, 0.4) is 0 Å². The SMILES string of the molecule is COc1cc(CC2COS(=O)OC2)ccc1Oc1ncnc(O[C@H]2CCN(C(=O)O)[C@H](CC(C)C)C2)c1C. The van der Waals surface area contributed by atoms with Crippen molar-refractivity contribution in [3.63, 3.8) is 0 Å². The van der Waals surface area contributed by atoms with Crippen molar-refractivity contribution in [2.75, 3.05) is 26.9 Å². The number of methoxy groups -OCH3 is 1. The fourth-order valence-corrected chi connectivity index (χ4v) is 5.48. The Balaban J connectivity index is 1.44. The molecule has 12 heteroatoms. The minimum Gasteiger partial charge on any atom is -0.493 e. The number of hydrogen-bond acceptors (Lipinski definition) is 9. The van der Waals surface area contributed by atoms with Gasteiger partial charge in [-0.3, -0.25) is 8.37 Å². The fourth-order valence-electron chi connectivity index (χ4n) is 4.80. The van der Waals surface area contributed by atoms with Crippen molar-refractivity contribution in [1.82, 2.24) is 14.9 Å². The van der Waals surface area contributed by atoms with Gasteiger partial charge in [0.25, 0.3) is 0 Å². The average Bonchev–Trinajstić information content (AvgIpc) is 2.88. The molecule has 0 spiro atoms. The van der Waals surface area contributed by atoms with Crippen LogP contribution in [0.4, 0.5) is 4.79 Å². The summed E-state index contributed by atoms with van der Waals surface area (Å²) < 4.78 is 39.3. The van der Waals surface area contributed by atoms with Crippen LogP contribution in [0.2, 0.25) is 0 Å². The van der Waals surface area contributed by atoms with Crippen molar-refractivity contribution < 1.29 is 36.7 Å². The maximum absolute atomic E-state index is 11.7. The third-order valence-corrected chi connectivity index (χ3v) is 7.34. The normalized spacial score (nSPS) is 23.8. The highest BCUT2D eigenvalue weighted by Gasteiger charge is 2.33. The molecule has 2 aliphatic heterocycles. The van der Waals surface area contributed by atoms with Gasteiger partial charge < -0.3 is 24.2 Å². The average molecular weight is 550 g/mol. The fraction of sp³-hybridized carbons (Fsp3) is 0.577. The summed E-state index contributed by atoms with van der Waals surface area (Å²) in [5.41, 5.74) is 1.65. The molecular formula is C26H35N3O8S. The number of ether oxygens (including phenoxy) is 3. The summed E-state index contributed by atoms with van der Waals surface area (Å²) >= 11 is -1.66. The minimum absolute atomic E-state index is 0.0930. The first-order chi connectivity index (χ1) is 18.2. The zero-order valence-electron chi connectivity index (χ0n) is 22.1. The van der Waals surface area contributed by atoms with Crippen LogP contribution in [-0.2, 0) is 26.1 Å². The Hall–Kier alpha value is -2.96. The molecule has 2 atom stereocenters. The van der Waals surface area contributed by atoms with Crippen molar-refractivity contribution >= 4 is 17.5 Å². The Kier molecular flexibility index (Phi) is 9.40. The first-order valence-corrected chi connectivity index (χ1v) is 13.7. The van der Waals surface area contributed by atoms with E-state index >= 15 is 0 Å². The van der Waals surface area contributed by atoms with Gasteiger partial charge in [-0.05, 0) is 43.4 Å². The number of piperidine rings is 1. The lowest BCUT2D eigenvalue weighted by atomic mass is 9.92. The van der Waals surface area contributed by atoms with Crippen LogP contribution in [0.1, 0.15) is 44.2 Å². The second-order valence-corrected chi connectivity index (χ2v) is 10.9. The molecule has 0 aliphatic carbocycles. The predicted octanol–water partition coefficient (Wildman–Crippen LogP) is 4.31. The number of hydrogen-bond donors (Lipinski definition) is 1. The zero-order valence-corrected chi connectivity index (χ0v) is 22.9. The smallest absolute Gasteiger partial charge is 0.407 e. The summed E-state index contributed by atoms with van der Waals surface area (Å²) in [6.45, 7) is 7.16. The van der Waals surface area contributed by atoms with Gasteiger partial charge in [0, 0.05) is 31.3 Å². The first-order valence-electron chi connectivity index (χ1n) is 12.7. The molecule has 2 fully saturated rings. The predicted molar refractivity (Wildman–Crippen MR) is 139 cm³/mol. The molecule has 1 amide bonds. The summed E-state index contributed by atoms with van der Waals surface area (Å²) in [5.74, 6) is 2.26. The van der Waals surface area contributed by atoms with E-state index in [0.29, 0.717) is 73.8 Å². The highest BCUT2D eigenvalue weighted by molar-refractivity contribution is 7.75. The molecule has 2 aromatic rings. The van der Waals surface area contributed by atoms with Crippen LogP contribution >= 0.6 is 0 Å². The van der Waals surface area contributed by atoms with E-state index in [1.807, 2.05) is 25.1 Å². The molecule has 1 N–H and O–H groups in total. The van der Waals surface area contributed by atoms with E-state index in [-0.39, 0.29) is 18.1 Å². The van der Waals surface area contributed by atoms with Gasteiger partial charge in [0.2, 0.25) is 11.8 Å². The van der Waals surface area contributed by atoms with Gasteiger partial charge in [-0.15, -0.1) is 0 Å². The molecule has 0 saturated carbocycles. The van der Waals surface area contributed by atoms with E-state index in [9.17, 15) is 14.1 Å². The molecule has 0 unspecified atom stereocenters. The van der Waals surface area contributed by atoms with Crippen LogP contribution < -0.4 is 14.2 Å². The second-order valence-electron chi connectivity index (χ2n) is 10.1. The van der Waals surface area contributed by atoms with Crippen LogP contribution in [0.5, 0.6) is 23.3 Å². The lowest BCUT2D eigenvalue weighted by Gasteiger charge is -2.38. The molecule has 2 aliphatic rings. The zero-order chi connectivity index (χ0) is 27.2. The van der Waals surface area contributed by atoms with Crippen molar-refractivity contribution in [1.29, 1.82) is 0 Å². The number of nitrogens with zero attached hydrogens (tertiary/aromatic N) is 3. The number of aromatic nitrogens is 2. The van der Waals surface area contributed by atoms with Gasteiger partial charge in [0.05, 0.1) is 25.9 Å². The van der Waals surface area contributed by atoms with Crippen molar-refractivity contribution in [2.45, 2.75) is 58.6 Å². The summed E-state index contributed by atoms with van der Waals surface area (Å²) in [7, 11) is 1.57. The van der Waals surface area contributed by atoms with E-state index < -0.39 is 17.5 Å². The highest BCUT2D eigenvalue weighted by Crippen LogP contribution is 2.36. The molecule has 208 valence electrons. The molecule has 3 heterocycles. The van der Waals surface area contributed by atoms with Gasteiger partial charge in [0.1, 0.15) is 12.4 Å². The number of amides is 1. The monoisotopic (exact) mass is 549 g/mol. The van der Waals surface area contributed by atoms with Crippen molar-refractivity contribution in [2.24, 2.45) is 11.8 Å². The third kappa shape index (κ3) is 7.12. The maximum Gasteiger partial charge on any atom is 0.407 e. The van der Waals surface area contributed by atoms with Crippen molar-refractivity contribution in [3.8, 4) is 23.3 Å². The van der Waals surface area contributed by atoms with Gasteiger partial charge in [-0.1, -0.05) is 19.9 Å². The molecule has 0 radical (unpaired) electrons. The molecule has 1 aromatic heterocycles. The molecule has 0 bridgehead atoms. The molecule has 11 nitrogen and oxygen atoms in total. The summed E-state index contributed by atoms with van der Waals surface area (Å²) in [6.07, 6.45) is 2.99. The first kappa shape index (κ1) is 28.1. The van der Waals surface area contributed by atoms with Crippen molar-refractivity contribution in [3.05, 3.63) is 35.7 Å². The number of rotatable bonds is 9. The quantitative estimate of drug-likeness (QED) is 0.483. The van der Waals surface area contributed by atoms with E-state index in [2.05, 4.69) is 23.8 Å². The number of carboxylic acid groups (broad SMARTS) is 1. The summed E-state index contributed by atoms with van der Waals surface area (Å²) in [6, 6.07) is 5.54. The van der Waals surface area contributed by atoms with Crippen LogP contribution in [0, 0.1) is 18.8 Å². The summed E-state index contributed by atoms with van der Waals surface area (Å²) in [5, 5.41) is 9.59. The third-order valence-electron chi connectivity index (χ3n) is 6.69. The number of benzene rings is 1. The number of likely N-dealkylation sites (tertiary alicyclic amines) is 1. The van der Waals surface area contributed by atoms with E-state index in [4.69, 9.17) is 22.6 Å². The van der Waals surface area contributed by atoms with Gasteiger partial charge >= 0.3 is 17.5 Å². The second kappa shape index (κ2) is 12.7. The Morgan fingerprint density at radius 1 is 1.21 bits per heavy atom. The topological polar surface area (TPSA) is 130 Å². The highest BCUT2D eigenvalue weighted by atomic mass is 32.2. The molecule has 38 heavy (non-hydrogen) atoms. The summed E-state index contributed by atoms with van der Waals surface area (Å²) in [4.78, 5) is 21.8. The van der Waals surface area contributed by atoms with Crippen LogP contribution in [-0.4, -0.2) is 69.3 Å². The van der Waals surface area contributed by atoms with Gasteiger partial charge in [-0.2, -0.15) is 4.21 Å². The van der Waals surface area contributed by atoms with Crippen LogP contribution in [0.15, 0.2) is 24.5 Å². The van der Waals surface area contributed by atoms with Crippen LogP contribution in [0.25, 0.3) is 0 Å². The Labute approximate surface area is 225 Å². The molecule has 1 aromatic carbocycles. The van der Waals surface area contributed by atoms with E-state index in [0.717, 1.165) is 12.0 Å². The standard InChI is InChI=1S/C26H35N3O8S/c1-16(2)9-20-12-21(7-8-29(20)26(30)31)36-24-17(3)25(28-15-27-24)37-22-6-5-18(11-23(22)33-4)10-19-13-34-38(32)35-14-19/h5-6,11,15-16,19-21H,7-10,12-14H2,1-4H3,(H,30,31)/t19?,20-,21+,38?/m1/s1. The maximum atomic E-state index is 11.7. The minimum atomic E-state index is -1.66. The lowest BCUT2D eigenvalue weighted by molar-refractivity contribution is 0.0450. The Bertz CT molecular complexity index is 1140. The molecule has 4 rings (SSSR count). The molecular weight excluding hydrogens is 514 g/mol. The lowest BCUT2D eigenvalue weighted by Crippen LogP contribution is -2.48.